The van der Waals surface area contributed by atoms with Gasteiger partial charge in [-0.1, -0.05) is 18.1 Å². The molecule has 3 nitrogen and oxygen atoms in total. The standard InChI is InChI=1S/C13H10F4O3/c1-2-20-11(18)12(19,13(15,16)17)8-7-9-5-3-4-6-10(9)14/h3-6,19H,2H2,1H3/t12-/m0/s1. The number of ether oxygens (including phenoxy) is 1. The van der Waals surface area contributed by atoms with Crippen molar-refractivity contribution in [1.29, 1.82) is 0 Å². The predicted molar refractivity (Wildman–Crippen MR) is 60.9 cm³/mol. The van der Waals surface area contributed by atoms with E-state index in [1.54, 1.807) is 5.92 Å². The third-order valence-electron chi connectivity index (χ3n) is 2.23. The van der Waals surface area contributed by atoms with Crippen LogP contribution in [0.4, 0.5) is 17.6 Å². The second-order valence-corrected chi connectivity index (χ2v) is 3.66. The lowest BCUT2D eigenvalue weighted by atomic mass is 10.0. The van der Waals surface area contributed by atoms with Crippen molar-refractivity contribution in [3.8, 4) is 11.8 Å². The average molecular weight is 290 g/mol. The molecule has 0 aliphatic heterocycles. The topological polar surface area (TPSA) is 46.5 Å². The van der Waals surface area contributed by atoms with Gasteiger partial charge in [0.15, 0.2) is 0 Å². The first-order chi connectivity index (χ1) is 9.22. The second kappa shape index (κ2) is 5.92. The fourth-order valence-corrected chi connectivity index (χ4v) is 1.19. The van der Waals surface area contributed by atoms with Crippen molar-refractivity contribution in [1.82, 2.24) is 0 Å². The van der Waals surface area contributed by atoms with Gasteiger partial charge < -0.3 is 9.84 Å². The molecule has 0 amide bonds. The monoisotopic (exact) mass is 290 g/mol. The van der Waals surface area contributed by atoms with Crippen LogP contribution in [0, 0.1) is 17.7 Å². The summed E-state index contributed by atoms with van der Waals surface area (Å²) in [6.07, 6.45) is -5.36. The van der Waals surface area contributed by atoms with E-state index in [0.29, 0.717) is 0 Å². The molecule has 1 atom stereocenters. The summed E-state index contributed by atoms with van der Waals surface area (Å²) in [4.78, 5) is 11.2. The van der Waals surface area contributed by atoms with E-state index < -0.39 is 23.6 Å². The van der Waals surface area contributed by atoms with E-state index in [0.717, 1.165) is 12.1 Å². The quantitative estimate of drug-likeness (QED) is 0.515. The molecule has 108 valence electrons. The van der Waals surface area contributed by atoms with Crippen molar-refractivity contribution >= 4 is 5.97 Å². The Bertz CT molecular complexity index is 557. The maximum Gasteiger partial charge on any atom is 0.440 e. The van der Waals surface area contributed by atoms with Gasteiger partial charge in [0.1, 0.15) is 5.82 Å². The minimum atomic E-state index is -5.36. The largest absolute Gasteiger partial charge is 0.463 e. The number of rotatable bonds is 2. The number of esters is 1. The van der Waals surface area contributed by atoms with E-state index >= 15 is 0 Å². The molecule has 0 bridgehead atoms. The third-order valence-corrected chi connectivity index (χ3v) is 2.23. The number of carbonyl (C=O) groups is 1. The van der Waals surface area contributed by atoms with Crippen molar-refractivity contribution in [2.24, 2.45) is 0 Å². The normalized spacial score (nSPS) is 13.9. The summed E-state index contributed by atoms with van der Waals surface area (Å²) in [6, 6.07) is 4.78. The van der Waals surface area contributed by atoms with Gasteiger partial charge >= 0.3 is 17.7 Å². The molecule has 0 aliphatic rings. The lowest BCUT2D eigenvalue weighted by molar-refractivity contribution is -0.242. The molecule has 0 saturated heterocycles. The maximum absolute atomic E-state index is 13.2. The van der Waals surface area contributed by atoms with Gasteiger partial charge in [-0.25, -0.2) is 9.18 Å². The number of halogens is 4. The number of alkyl halides is 3. The van der Waals surface area contributed by atoms with Crippen LogP contribution in [0.3, 0.4) is 0 Å². The van der Waals surface area contributed by atoms with Gasteiger partial charge in [0.05, 0.1) is 12.2 Å². The fourth-order valence-electron chi connectivity index (χ4n) is 1.19. The zero-order valence-electron chi connectivity index (χ0n) is 10.3. The molecule has 0 saturated carbocycles. The highest BCUT2D eigenvalue weighted by Crippen LogP contribution is 2.31. The molecule has 0 radical (unpaired) electrons. The van der Waals surface area contributed by atoms with Crippen molar-refractivity contribution in [2.75, 3.05) is 6.61 Å². The molecule has 0 heterocycles. The van der Waals surface area contributed by atoms with Gasteiger partial charge in [-0.15, -0.1) is 0 Å². The lowest BCUT2D eigenvalue weighted by Crippen LogP contribution is -2.52. The summed E-state index contributed by atoms with van der Waals surface area (Å²) in [6.45, 7) is 0.914. The summed E-state index contributed by atoms with van der Waals surface area (Å²) >= 11 is 0. The number of aliphatic hydroxyl groups is 1. The van der Waals surface area contributed by atoms with Crippen LogP contribution >= 0.6 is 0 Å². The van der Waals surface area contributed by atoms with E-state index in [-0.39, 0.29) is 12.2 Å². The van der Waals surface area contributed by atoms with Crippen molar-refractivity contribution in [3.05, 3.63) is 35.6 Å². The third kappa shape index (κ3) is 3.27. The predicted octanol–water partition coefficient (Wildman–Crippen LogP) is 2.03. The maximum atomic E-state index is 13.2. The summed E-state index contributed by atoms with van der Waals surface area (Å²) in [5.74, 6) is 0.332. The molecule has 1 N–H and O–H groups in total. The minimum absolute atomic E-state index is 0.362. The highest BCUT2D eigenvalue weighted by Gasteiger charge is 2.60. The Labute approximate surface area is 112 Å². The molecule has 20 heavy (non-hydrogen) atoms. The Morgan fingerprint density at radius 2 is 1.95 bits per heavy atom. The first kappa shape index (κ1) is 16.0. The van der Waals surface area contributed by atoms with Gasteiger partial charge in [0.2, 0.25) is 0 Å². The highest BCUT2D eigenvalue weighted by atomic mass is 19.4. The molecule has 1 aromatic rings. The van der Waals surface area contributed by atoms with Gasteiger partial charge in [-0.05, 0) is 25.0 Å². The van der Waals surface area contributed by atoms with Gasteiger partial charge in [0, 0.05) is 0 Å². The van der Waals surface area contributed by atoms with Crippen molar-refractivity contribution in [2.45, 2.75) is 18.7 Å². The summed E-state index contributed by atoms with van der Waals surface area (Å²) in [5.41, 5.74) is -4.37. The first-order valence-electron chi connectivity index (χ1n) is 5.46. The minimum Gasteiger partial charge on any atom is -0.463 e. The van der Waals surface area contributed by atoms with Crippen LogP contribution in [-0.2, 0) is 9.53 Å². The molecule has 0 fully saturated rings. The zero-order chi connectivity index (χ0) is 15.4. The summed E-state index contributed by atoms with van der Waals surface area (Å²) in [5, 5.41) is 9.40. The average Bonchev–Trinajstić information content (AvgIpc) is 2.36. The van der Waals surface area contributed by atoms with E-state index in [4.69, 9.17) is 0 Å². The van der Waals surface area contributed by atoms with Crippen LogP contribution in [0.25, 0.3) is 0 Å². The van der Waals surface area contributed by atoms with Crippen LogP contribution < -0.4 is 0 Å². The number of hydrogen-bond donors (Lipinski definition) is 1. The highest BCUT2D eigenvalue weighted by molar-refractivity contribution is 5.84. The molecule has 0 aromatic heterocycles. The van der Waals surface area contributed by atoms with Crippen LogP contribution in [0.2, 0.25) is 0 Å². The van der Waals surface area contributed by atoms with Gasteiger partial charge in [-0.3, -0.25) is 0 Å². The molecular weight excluding hydrogens is 280 g/mol. The number of carbonyl (C=O) groups excluding carboxylic acids is 1. The zero-order valence-corrected chi connectivity index (χ0v) is 10.3. The summed E-state index contributed by atoms with van der Waals surface area (Å²) < 4.78 is 55.6. The molecule has 1 aromatic carbocycles. The van der Waals surface area contributed by atoms with Gasteiger partial charge in [-0.2, -0.15) is 13.2 Å². The van der Waals surface area contributed by atoms with E-state index in [2.05, 4.69) is 4.74 Å². The summed E-state index contributed by atoms with van der Waals surface area (Å²) in [7, 11) is 0. The van der Waals surface area contributed by atoms with Crippen molar-refractivity contribution < 1.29 is 32.2 Å². The SMILES string of the molecule is CCOC(=O)[C@@](O)(C#Cc1ccccc1F)C(F)(F)F. The van der Waals surface area contributed by atoms with E-state index in [9.17, 15) is 27.5 Å². The van der Waals surface area contributed by atoms with E-state index in [1.807, 2.05) is 0 Å². The lowest BCUT2D eigenvalue weighted by Gasteiger charge is -2.22. The molecule has 7 heteroatoms. The Kier molecular flexibility index (Phi) is 4.73. The number of hydrogen-bond acceptors (Lipinski definition) is 3. The Morgan fingerprint density at radius 3 is 2.45 bits per heavy atom. The molecule has 0 unspecified atom stereocenters. The molecule has 0 spiro atoms. The number of benzene rings is 1. The Balaban J connectivity index is 3.23. The van der Waals surface area contributed by atoms with Crippen LogP contribution in [0.1, 0.15) is 12.5 Å². The van der Waals surface area contributed by atoms with Crippen LogP contribution in [0.5, 0.6) is 0 Å². The Hall–Kier alpha value is -2.07. The van der Waals surface area contributed by atoms with Crippen LogP contribution in [0.15, 0.2) is 24.3 Å². The fraction of sp³-hybridized carbons (Fsp3) is 0.308. The smallest absolute Gasteiger partial charge is 0.440 e. The first-order valence-corrected chi connectivity index (χ1v) is 5.46. The van der Waals surface area contributed by atoms with Crippen LogP contribution in [-0.4, -0.2) is 29.5 Å². The van der Waals surface area contributed by atoms with Gasteiger partial charge in [0.25, 0.3) is 0 Å². The van der Waals surface area contributed by atoms with Crippen molar-refractivity contribution in [3.63, 3.8) is 0 Å². The molecule has 0 aliphatic carbocycles. The molecular formula is C13H10F4O3. The molecule has 1 rings (SSSR count). The van der Waals surface area contributed by atoms with E-state index in [1.165, 1.54) is 25.0 Å². The second-order valence-electron chi connectivity index (χ2n) is 3.66. The Morgan fingerprint density at radius 1 is 1.35 bits per heavy atom.